The first kappa shape index (κ1) is 17.8. The highest BCUT2D eigenvalue weighted by Crippen LogP contribution is 2.34. The van der Waals surface area contributed by atoms with Gasteiger partial charge in [-0.1, -0.05) is 0 Å². The summed E-state index contributed by atoms with van der Waals surface area (Å²) in [6, 6.07) is 0.0169. The first-order valence-corrected chi connectivity index (χ1v) is 8.51. The number of aryl methyl sites for hydroxylation is 1. The van der Waals surface area contributed by atoms with Crippen molar-refractivity contribution in [2.24, 2.45) is 13.0 Å². The van der Waals surface area contributed by atoms with Crippen LogP contribution >= 0.6 is 0 Å². The Morgan fingerprint density at radius 3 is 2.88 bits per heavy atom. The van der Waals surface area contributed by atoms with Gasteiger partial charge in [0.15, 0.2) is 0 Å². The number of rotatable bonds is 5. The summed E-state index contributed by atoms with van der Waals surface area (Å²) in [4.78, 5) is 31.7. The van der Waals surface area contributed by atoms with Gasteiger partial charge in [-0.3, -0.25) is 14.3 Å². The molecule has 2 aliphatic rings. The Hall–Kier alpha value is -2.00. The molecule has 0 spiro atoms. The predicted octanol–water partition coefficient (Wildman–Crippen LogP) is -0.460. The second kappa shape index (κ2) is 7.49. The summed E-state index contributed by atoms with van der Waals surface area (Å²) >= 11 is 0. The molecule has 138 valence electrons. The molecule has 9 heteroatoms. The van der Waals surface area contributed by atoms with E-state index in [1.165, 1.54) is 15.9 Å². The van der Waals surface area contributed by atoms with Gasteiger partial charge in [0.05, 0.1) is 25.4 Å². The van der Waals surface area contributed by atoms with Crippen molar-refractivity contribution in [2.75, 3.05) is 40.5 Å². The van der Waals surface area contributed by atoms with Crippen LogP contribution in [0.15, 0.2) is 6.33 Å². The summed E-state index contributed by atoms with van der Waals surface area (Å²) in [5.74, 6) is 0.294. The van der Waals surface area contributed by atoms with Crippen molar-refractivity contribution in [3.8, 4) is 0 Å². The zero-order chi connectivity index (χ0) is 18.0. The lowest BCUT2D eigenvalue weighted by Crippen LogP contribution is -2.51. The van der Waals surface area contributed by atoms with Crippen LogP contribution in [0.3, 0.4) is 0 Å². The molecule has 1 aromatic rings. The number of carbonyl (C=O) groups excluding carboxylic acids is 2. The van der Waals surface area contributed by atoms with Crippen LogP contribution in [0.1, 0.15) is 23.5 Å². The van der Waals surface area contributed by atoms with Gasteiger partial charge in [0.1, 0.15) is 12.9 Å². The zero-order valence-electron chi connectivity index (χ0n) is 14.9. The number of carbonyl (C=O) groups is 2. The smallest absolute Gasteiger partial charge is 0.293 e. The largest absolute Gasteiger partial charge is 0.374 e. The summed E-state index contributed by atoms with van der Waals surface area (Å²) in [6.07, 6.45) is 3.18. The second-order valence-corrected chi connectivity index (χ2v) is 6.86. The molecule has 25 heavy (non-hydrogen) atoms. The molecule has 0 aromatic carbocycles. The molecule has 3 rings (SSSR count). The number of ether oxygens (including phenoxy) is 2. The van der Waals surface area contributed by atoms with Crippen LogP contribution in [-0.4, -0.2) is 89.0 Å². The molecule has 1 aliphatic heterocycles. The minimum absolute atomic E-state index is 0.0135. The number of hydrogen-bond donors (Lipinski definition) is 0. The van der Waals surface area contributed by atoms with Crippen molar-refractivity contribution in [2.45, 2.75) is 25.0 Å². The van der Waals surface area contributed by atoms with E-state index in [1.54, 1.807) is 21.1 Å². The molecule has 0 unspecified atom stereocenters. The number of likely N-dealkylation sites (N-methyl/N-ethyl adjacent to an activating group) is 1. The van der Waals surface area contributed by atoms with E-state index < -0.39 is 0 Å². The van der Waals surface area contributed by atoms with E-state index >= 15 is 0 Å². The van der Waals surface area contributed by atoms with Gasteiger partial charge in [-0.05, 0) is 18.8 Å². The average molecular weight is 351 g/mol. The fourth-order valence-electron chi connectivity index (χ4n) is 3.45. The van der Waals surface area contributed by atoms with Crippen LogP contribution in [0, 0.1) is 5.92 Å². The first-order chi connectivity index (χ1) is 12.0. The van der Waals surface area contributed by atoms with E-state index in [-0.39, 0.29) is 42.3 Å². The lowest BCUT2D eigenvalue weighted by atomic mass is 10.1. The number of aromatic nitrogens is 3. The van der Waals surface area contributed by atoms with Gasteiger partial charge in [0.2, 0.25) is 11.7 Å². The molecule has 0 radical (unpaired) electrons. The van der Waals surface area contributed by atoms with Crippen LogP contribution in [0.4, 0.5) is 0 Å². The third kappa shape index (κ3) is 3.98. The summed E-state index contributed by atoms with van der Waals surface area (Å²) in [5.41, 5.74) is 0. The number of hydrogen-bond acceptors (Lipinski definition) is 6. The van der Waals surface area contributed by atoms with Gasteiger partial charge in [0, 0.05) is 27.7 Å². The molecule has 2 heterocycles. The Kier molecular flexibility index (Phi) is 5.33. The number of fused-ring (bicyclic) bond motifs is 1. The molecule has 1 aromatic heterocycles. The van der Waals surface area contributed by atoms with E-state index in [2.05, 4.69) is 10.1 Å². The number of nitrogens with zero attached hydrogens (tertiary/aromatic N) is 5. The van der Waals surface area contributed by atoms with Gasteiger partial charge in [-0.2, -0.15) is 0 Å². The maximum absolute atomic E-state index is 12.7. The normalized spacial score (nSPS) is 25.7. The van der Waals surface area contributed by atoms with Gasteiger partial charge in [0.25, 0.3) is 5.91 Å². The van der Waals surface area contributed by atoms with E-state index in [1.807, 2.05) is 4.90 Å². The lowest BCUT2D eigenvalue weighted by molar-refractivity contribution is -0.134. The summed E-state index contributed by atoms with van der Waals surface area (Å²) in [6.45, 7) is 1.65. The highest BCUT2D eigenvalue weighted by molar-refractivity contribution is 5.90. The van der Waals surface area contributed by atoms with Crippen molar-refractivity contribution in [1.29, 1.82) is 0 Å². The Morgan fingerprint density at radius 2 is 2.20 bits per heavy atom. The van der Waals surface area contributed by atoms with Crippen LogP contribution in [-0.2, 0) is 21.3 Å². The molecule has 2 fully saturated rings. The molecule has 0 bridgehead atoms. The number of morpholine rings is 1. The monoisotopic (exact) mass is 351 g/mol. The van der Waals surface area contributed by atoms with Crippen molar-refractivity contribution in [1.82, 2.24) is 24.6 Å². The highest BCUT2D eigenvalue weighted by atomic mass is 16.5. The third-order valence-corrected chi connectivity index (χ3v) is 4.76. The van der Waals surface area contributed by atoms with Gasteiger partial charge < -0.3 is 19.3 Å². The zero-order valence-corrected chi connectivity index (χ0v) is 14.9. The Bertz CT molecular complexity index is 632. The fourth-order valence-corrected chi connectivity index (χ4v) is 3.45. The van der Waals surface area contributed by atoms with Crippen molar-refractivity contribution in [3.05, 3.63) is 12.2 Å². The molecule has 9 nitrogen and oxygen atoms in total. The van der Waals surface area contributed by atoms with Crippen molar-refractivity contribution < 1.29 is 19.1 Å². The highest BCUT2D eigenvalue weighted by Gasteiger charge is 2.43. The summed E-state index contributed by atoms with van der Waals surface area (Å²) < 4.78 is 12.9. The minimum Gasteiger partial charge on any atom is -0.374 e. The standard InChI is InChI=1S/C16H25N5O4/c1-19(2)14(22)9-24-8-11-6-12-13(7-11)25-5-4-21(12)16(23)15-17-10-20(3)18-15/h10-13H,4-9H2,1-3H3/t11-,12+,13+/m0/s1. The van der Waals surface area contributed by atoms with Gasteiger partial charge in [-0.25, -0.2) is 4.98 Å². The van der Waals surface area contributed by atoms with E-state index in [4.69, 9.17) is 9.47 Å². The third-order valence-electron chi connectivity index (χ3n) is 4.76. The van der Waals surface area contributed by atoms with Crippen molar-refractivity contribution in [3.63, 3.8) is 0 Å². The van der Waals surface area contributed by atoms with Gasteiger partial charge >= 0.3 is 0 Å². The minimum atomic E-state index is -0.150. The molecular formula is C16H25N5O4. The van der Waals surface area contributed by atoms with Crippen LogP contribution in [0.25, 0.3) is 0 Å². The second-order valence-electron chi connectivity index (χ2n) is 6.86. The Morgan fingerprint density at radius 1 is 1.40 bits per heavy atom. The molecule has 1 saturated carbocycles. The van der Waals surface area contributed by atoms with Crippen LogP contribution in [0.2, 0.25) is 0 Å². The number of amides is 2. The van der Waals surface area contributed by atoms with Crippen LogP contribution < -0.4 is 0 Å². The molecular weight excluding hydrogens is 326 g/mol. The average Bonchev–Trinajstić information content (AvgIpc) is 3.19. The molecule has 2 amide bonds. The van der Waals surface area contributed by atoms with E-state index in [0.717, 1.165) is 12.8 Å². The molecule has 1 saturated heterocycles. The van der Waals surface area contributed by atoms with Crippen molar-refractivity contribution >= 4 is 11.8 Å². The lowest BCUT2D eigenvalue weighted by Gasteiger charge is -2.36. The van der Waals surface area contributed by atoms with Gasteiger partial charge in [-0.15, -0.1) is 5.10 Å². The topological polar surface area (TPSA) is 89.8 Å². The maximum atomic E-state index is 12.7. The molecule has 1 aliphatic carbocycles. The first-order valence-electron chi connectivity index (χ1n) is 8.51. The Balaban J connectivity index is 1.57. The SMILES string of the molecule is CN(C)C(=O)COC[C@H]1C[C@@H]2[C@@H](C1)OCCN2C(=O)c1ncn(C)n1. The quantitative estimate of drug-likeness (QED) is 0.713. The fraction of sp³-hybridized carbons (Fsp3) is 0.750. The predicted molar refractivity (Wildman–Crippen MR) is 87.8 cm³/mol. The van der Waals surface area contributed by atoms with E-state index in [9.17, 15) is 9.59 Å². The maximum Gasteiger partial charge on any atom is 0.293 e. The summed E-state index contributed by atoms with van der Waals surface area (Å²) in [7, 11) is 5.15. The van der Waals surface area contributed by atoms with Crippen LogP contribution in [0.5, 0.6) is 0 Å². The Labute approximate surface area is 146 Å². The molecule has 0 N–H and O–H groups in total. The molecule has 3 atom stereocenters. The van der Waals surface area contributed by atoms with E-state index in [0.29, 0.717) is 19.8 Å². The summed E-state index contributed by atoms with van der Waals surface area (Å²) in [5, 5.41) is 4.11.